The summed E-state index contributed by atoms with van der Waals surface area (Å²) in [5.74, 6) is 1.89. The van der Waals surface area contributed by atoms with Gasteiger partial charge in [-0.3, -0.25) is 0 Å². The molecule has 1 aliphatic carbocycles. The summed E-state index contributed by atoms with van der Waals surface area (Å²) in [6, 6.07) is 10.7. The third kappa shape index (κ3) is 3.53. The Morgan fingerprint density at radius 2 is 2.06 bits per heavy atom. The second-order valence-corrected chi connectivity index (χ2v) is 4.47. The van der Waals surface area contributed by atoms with Gasteiger partial charge in [-0.05, 0) is 37.3 Å². The summed E-state index contributed by atoms with van der Waals surface area (Å²) in [5, 5.41) is 3.58. The minimum absolute atomic E-state index is 0.708. The highest BCUT2D eigenvalue weighted by atomic mass is 16.5. The van der Waals surface area contributed by atoms with Crippen LogP contribution >= 0.6 is 0 Å². The molecule has 1 aromatic carbocycles. The Morgan fingerprint density at radius 1 is 1.31 bits per heavy atom. The van der Waals surface area contributed by atoms with E-state index in [2.05, 4.69) is 12.2 Å². The number of hydrogen-bond donors (Lipinski definition) is 1. The summed E-state index contributed by atoms with van der Waals surface area (Å²) in [5.41, 5.74) is 0. The summed E-state index contributed by atoms with van der Waals surface area (Å²) >= 11 is 0. The molecule has 0 saturated heterocycles. The van der Waals surface area contributed by atoms with E-state index >= 15 is 0 Å². The van der Waals surface area contributed by atoms with Crippen LogP contribution in [0.25, 0.3) is 0 Å². The first-order valence-corrected chi connectivity index (χ1v) is 6.31. The maximum Gasteiger partial charge on any atom is 0.119 e. The first-order valence-electron chi connectivity index (χ1n) is 6.31. The first-order chi connectivity index (χ1) is 7.90. The zero-order valence-corrected chi connectivity index (χ0v) is 9.99. The lowest BCUT2D eigenvalue weighted by atomic mass is 10.1. The fourth-order valence-corrected chi connectivity index (χ4v) is 2.07. The average Bonchev–Trinajstić information content (AvgIpc) is 3.15. The number of ether oxygens (including phenoxy) is 1. The lowest BCUT2D eigenvalue weighted by Crippen LogP contribution is -2.33. The van der Waals surface area contributed by atoms with Crippen molar-refractivity contribution in [2.24, 2.45) is 5.92 Å². The van der Waals surface area contributed by atoms with Crippen LogP contribution in [0.3, 0.4) is 0 Å². The molecule has 1 atom stereocenters. The SMILES string of the molecule is CCC(NCCOc1ccccc1)C1CC1. The predicted molar refractivity (Wildman–Crippen MR) is 66.7 cm³/mol. The summed E-state index contributed by atoms with van der Waals surface area (Å²) in [6.45, 7) is 3.96. The van der Waals surface area contributed by atoms with E-state index in [0.29, 0.717) is 6.04 Å². The number of para-hydroxylation sites is 1. The Bertz CT molecular complexity index is 295. The molecule has 2 nitrogen and oxygen atoms in total. The van der Waals surface area contributed by atoms with Gasteiger partial charge in [-0.15, -0.1) is 0 Å². The van der Waals surface area contributed by atoms with E-state index in [4.69, 9.17) is 4.74 Å². The van der Waals surface area contributed by atoms with E-state index < -0.39 is 0 Å². The van der Waals surface area contributed by atoms with E-state index in [0.717, 1.165) is 24.8 Å². The molecule has 1 aliphatic rings. The van der Waals surface area contributed by atoms with Crippen LogP contribution in [0, 0.1) is 5.92 Å². The van der Waals surface area contributed by atoms with Crippen molar-refractivity contribution >= 4 is 0 Å². The van der Waals surface area contributed by atoms with Gasteiger partial charge in [-0.2, -0.15) is 0 Å². The third-order valence-corrected chi connectivity index (χ3v) is 3.15. The molecule has 88 valence electrons. The van der Waals surface area contributed by atoms with Crippen LogP contribution in [-0.2, 0) is 0 Å². The van der Waals surface area contributed by atoms with Crippen LogP contribution in [0.2, 0.25) is 0 Å². The van der Waals surface area contributed by atoms with Crippen molar-refractivity contribution in [1.82, 2.24) is 5.32 Å². The Hall–Kier alpha value is -1.02. The molecule has 1 unspecified atom stereocenters. The molecule has 16 heavy (non-hydrogen) atoms. The van der Waals surface area contributed by atoms with Crippen molar-refractivity contribution < 1.29 is 4.74 Å². The Morgan fingerprint density at radius 3 is 2.69 bits per heavy atom. The van der Waals surface area contributed by atoms with Crippen LogP contribution in [0.5, 0.6) is 5.75 Å². The fraction of sp³-hybridized carbons (Fsp3) is 0.571. The lowest BCUT2D eigenvalue weighted by molar-refractivity contribution is 0.298. The van der Waals surface area contributed by atoms with Gasteiger partial charge in [-0.25, -0.2) is 0 Å². The van der Waals surface area contributed by atoms with Crippen LogP contribution in [0.1, 0.15) is 26.2 Å². The van der Waals surface area contributed by atoms with Crippen molar-refractivity contribution in [1.29, 1.82) is 0 Å². The Kier molecular flexibility index (Phi) is 4.23. The van der Waals surface area contributed by atoms with Crippen LogP contribution in [0.15, 0.2) is 30.3 Å². The highest BCUT2D eigenvalue weighted by Gasteiger charge is 2.29. The standard InChI is InChI=1S/C14H21NO/c1-2-14(12-8-9-12)15-10-11-16-13-6-4-3-5-7-13/h3-7,12,14-15H,2,8-11H2,1H3. The molecule has 0 radical (unpaired) electrons. The van der Waals surface area contributed by atoms with E-state index in [1.54, 1.807) is 0 Å². The highest BCUT2D eigenvalue weighted by Crippen LogP contribution is 2.33. The second-order valence-electron chi connectivity index (χ2n) is 4.47. The molecule has 1 aromatic rings. The summed E-state index contributed by atoms with van der Waals surface area (Å²) in [6.07, 6.45) is 4.05. The molecular formula is C14H21NO. The highest BCUT2D eigenvalue weighted by molar-refractivity contribution is 5.20. The van der Waals surface area contributed by atoms with Gasteiger partial charge in [0.25, 0.3) is 0 Å². The van der Waals surface area contributed by atoms with Gasteiger partial charge in [-0.1, -0.05) is 25.1 Å². The van der Waals surface area contributed by atoms with Crippen molar-refractivity contribution in [3.8, 4) is 5.75 Å². The maximum absolute atomic E-state index is 5.64. The minimum Gasteiger partial charge on any atom is -0.492 e. The van der Waals surface area contributed by atoms with Gasteiger partial charge >= 0.3 is 0 Å². The smallest absolute Gasteiger partial charge is 0.119 e. The Labute approximate surface area is 98.0 Å². The van der Waals surface area contributed by atoms with Gasteiger partial charge in [0.15, 0.2) is 0 Å². The summed E-state index contributed by atoms with van der Waals surface area (Å²) in [4.78, 5) is 0. The fourth-order valence-electron chi connectivity index (χ4n) is 2.07. The molecule has 2 heteroatoms. The van der Waals surface area contributed by atoms with Crippen LogP contribution in [0.4, 0.5) is 0 Å². The molecule has 0 aromatic heterocycles. The molecule has 1 N–H and O–H groups in total. The summed E-state index contributed by atoms with van der Waals surface area (Å²) in [7, 11) is 0. The molecular weight excluding hydrogens is 198 g/mol. The molecule has 0 spiro atoms. The van der Waals surface area contributed by atoms with Crippen molar-refractivity contribution in [3.63, 3.8) is 0 Å². The second kappa shape index (κ2) is 5.90. The predicted octanol–water partition coefficient (Wildman–Crippen LogP) is 2.84. The largest absolute Gasteiger partial charge is 0.492 e. The number of rotatable bonds is 7. The van der Waals surface area contributed by atoms with Gasteiger partial charge in [0.2, 0.25) is 0 Å². The van der Waals surface area contributed by atoms with Gasteiger partial charge in [0.1, 0.15) is 12.4 Å². The van der Waals surface area contributed by atoms with Crippen LogP contribution in [-0.4, -0.2) is 19.2 Å². The molecule has 0 amide bonds. The van der Waals surface area contributed by atoms with Crippen molar-refractivity contribution in [2.75, 3.05) is 13.2 Å². The Balaban J connectivity index is 1.61. The number of nitrogens with one attached hydrogen (secondary N) is 1. The van der Waals surface area contributed by atoms with Crippen molar-refractivity contribution in [2.45, 2.75) is 32.2 Å². The zero-order chi connectivity index (χ0) is 11.2. The van der Waals surface area contributed by atoms with E-state index in [1.807, 2.05) is 30.3 Å². The monoisotopic (exact) mass is 219 g/mol. The summed E-state index contributed by atoms with van der Waals surface area (Å²) < 4.78 is 5.64. The molecule has 1 fully saturated rings. The zero-order valence-electron chi connectivity index (χ0n) is 9.99. The molecule has 0 bridgehead atoms. The van der Waals surface area contributed by atoms with E-state index in [1.165, 1.54) is 19.3 Å². The first kappa shape index (κ1) is 11.5. The lowest BCUT2D eigenvalue weighted by Gasteiger charge is -2.16. The van der Waals surface area contributed by atoms with E-state index in [9.17, 15) is 0 Å². The quantitative estimate of drug-likeness (QED) is 0.712. The van der Waals surface area contributed by atoms with E-state index in [-0.39, 0.29) is 0 Å². The molecule has 0 heterocycles. The third-order valence-electron chi connectivity index (χ3n) is 3.15. The normalized spacial score (nSPS) is 17.1. The van der Waals surface area contributed by atoms with Gasteiger partial charge < -0.3 is 10.1 Å². The van der Waals surface area contributed by atoms with Crippen LogP contribution < -0.4 is 10.1 Å². The maximum atomic E-state index is 5.64. The number of hydrogen-bond acceptors (Lipinski definition) is 2. The molecule has 0 aliphatic heterocycles. The number of benzene rings is 1. The minimum atomic E-state index is 0.708. The average molecular weight is 219 g/mol. The molecule has 2 rings (SSSR count). The van der Waals surface area contributed by atoms with Gasteiger partial charge in [0.05, 0.1) is 0 Å². The topological polar surface area (TPSA) is 21.3 Å². The van der Waals surface area contributed by atoms with Gasteiger partial charge in [0, 0.05) is 12.6 Å². The molecule has 1 saturated carbocycles. The van der Waals surface area contributed by atoms with Crippen molar-refractivity contribution in [3.05, 3.63) is 30.3 Å².